The third-order valence-corrected chi connectivity index (χ3v) is 2.41. The van der Waals surface area contributed by atoms with E-state index in [0.717, 1.165) is 13.1 Å². The van der Waals surface area contributed by atoms with Crippen LogP contribution in [0.4, 0.5) is 0 Å². The summed E-state index contributed by atoms with van der Waals surface area (Å²) in [5, 5.41) is 6.98. The van der Waals surface area contributed by atoms with Gasteiger partial charge >= 0.3 is 0 Å². The number of hydrogen-bond acceptors (Lipinski definition) is 2. The van der Waals surface area contributed by atoms with Gasteiger partial charge in [-0.1, -0.05) is 39.8 Å². The Labute approximate surface area is 95.5 Å². The Bertz CT molecular complexity index is 193. The molecule has 0 spiro atoms. The maximum atomic E-state index is 4.05. The van der Waals surface area contributed by atoms with Crippen LogP contribution in [0.25, 0.3) is 0 Å². The van der Waals surface area contributed by atoms with Crippen LogP contribution in [0.15, 0.2) is 12.2 Å². The van der Waals surface area contributed by atoms with Crippen molar-refractivity contribution in [1.29, 1.82) is 0 Å². The highest BCUT2D eigenvalue weighted by molar-refractivity contribution is 5.00. The first kappa shape index (κ1) is 14.7. The molecule has 0 saturated heterocycles. The van der Waals surface area contributed by atoms with Crippen molar-refractivity contribution in [3.63, 3.8) is 0 Å². The zero-order valence-electron chi connectivity index (χ0n) is 11.3. The van der Waals surface area contributed by atoms with E-state index in [2.05, 4.69) is 58.8 Å². The fourth-order valence-corrected chi connectivity index (χ4v) is 1.57. The van der Waals surface area contributed by atoms with Crippen molar-refractivity contribution in [2.75, 3.05) is 13.1 Å². The molecule has 0 amide bonds. The second kappa shape index (κ2) is 6.29. The maximum absolute atomic E-state index is 4.05. The van der Waals surface area contributed by atoms with E-state index in [1.165, 1.54) is 5.57 Å². The van der Waals surface area contributed by atoms with Crippen LogP contribution < -0.4 is 10.6 Å². The molecule has 2 nitrogen and oxygen atoms in total. The van der Waals surface area contributed by atoms with Crippen LogP contribution >= 0.6 is 0 Å². The van der Waals surface area contributed by atoms with Gasteiger partial charge in [-0.05, 0) is 19.8 Å². The predicted molar refractivity (Wildman–Crippen MR) is 69.2 cm³/mol. The smallest absolute Gasteiger partial charge is 0.0252 e. The van der Waals surface area contributed by atoms with Crippen molar-refractivity contribution >= 4 is 0 Å². The van der Waals surface area contributed by atoms with E-state index in [9.17, 15) is 0 Å². The van der Waals surface area contributed by atoms with Gasteiger partial charge in [0, 0.05) is 24.7 Å². The molecule has 0 aromatic heterocycles. The molecule has 0 fully saturated rings. The van der Waals surface area contributed by atoms with E-state index in [1.54, 1.807) is 0 Å². The van der Waals surface area contributed by atoms with Gasteiger partial charge in [0.2, 0.25) is 0 Å². The fourth-order valence-electron chi connectivity index (χ4n) is 1.57. The van der Waals surface area contributed by atoms with Crippen molar-refractivity contribution < 1.29 is 0 Å². The van der Waals surface area contributed by atoms with Gasteiger partial charge < -0.3 is 10.6 Å². The summed E-state index contributed by atoms with van der Waals surface area (Å²) in [6.07, 6.45) is 0. The summed E-state index contributed by atoms with van der Waals surface area (Å²) >= 11 is 0. The quantitative estimate of drug-likeness (QED) is 0.634. The Morgan fingerprint density at radius 3 is 2.13 bits per heavy atom. The summed E-state index contributed by atoms with van der Waals surface area (Å²) in [5.41, 5.74) is 1.42. The molecule has 0 rings (SSSR count). The highest BCUT2D eigenvalue weighted by Gasteiger charge is 2.17. The summed E-state index contributed by atoms with van der Waals surface area (Å²) in [5.74, 6) is 0.568. The Morgan fingerprint density at radius 2 is 1.73 bits per heavy atom. The Hall–Kier alpha value is -0.340. The summed E-state index contributed by atoms with van der Waals surface area (Å²) in [4.78, 5) is 0. The fraction of sp³-hybridized carbons (Fsp3) is 0.846. The average molecular weight is 212 g/mol. The standard InChI is InChI=1S/C13H28N2/c1-10(2)12(5)8-14-9-13(6,7)15-11(3)4/h10-11,14-15H,5,8-9H2,1-4,6-7H3. The summed E-state index contributed by atoms with van der Waals surface area (Å²) in [6, 6.07) is 0.523. The molecular weight excluding hydrogens is 184 g/mol. The molecular formula is C13H28N2. The van der Waals surface area contributed by atoms with Crippen molar-refractivity contribution in [2.24, 2.45) is 5.92 Å². The van der Waals surface area contributed by atoms with E-state index in [1.807, 2.05) is 0 Å². The van der Waals surface area contributed by atoms with Crippen LogP contribution in [-0.4, -0.2) is 24.7 Å². The van der Waals surface area contributed by atoms with Crippen LogP contribution in [-0.2, 0) is 0 Å². The lowest BCUT2D eigenvalue weighted by atomic mass is 10.0. The molecule has 0 aliphatic heterocycles. The monoisotopic (exact) mass is 212 g/mol. The van der Waals surface area contributed by atoms with Gasteiger partial charge in [-0.2, -0.15) is 0 Å². The highest BCUT2D eigenvalue weighted by Crippen LogP contribution is 2.06. The minimum absolute atomic E-state index is 0.144. The maximum Gasteiger partial charge on any atom is 0.0252 e. The van der Waals surface area contributed by atoms with Gasteiger partial charge in [0.25, 0.3) is 0 Å². The predicted octanol–water partition coefficient (Wildman–Crippen LogP) is 2.56. The second-order valence-electron chi connectivity index (χ2n) is 5.60. The Balaban J connectivity index is 3.79. The highest BCUT2D eigenvalue weighted by atomic mass is 15.0. The molecule has 0 bridgehead atoms. The Kier molecular flexibility index (Phi) is 6.15. The lowest BCUT2D eigenvalue weighted by molar-refractivity contribution is 0.340. The van der Waals surface area contributed by atoms with Crippen molar-refractivity contribution in [1.82, 2.24) is 10.6 Å². The topological polar surface area (TPSA) is 24.1 Å². The largest absolute Gasteiger partial charge is 0.311 e. The summed E-state index contributed by atoms with van der Waals surface area (Å²) in [7, 11) is 0. The molecule has 90 valence electrons. The van der Waals surface area contributed by atoms with E-state index in [4.69, 9.17) is 0 Å². The van der Waals surface area contributed by atoms with Gasteiger partial charge in [-0.15, -0.1) is 0 Å². The molecule has 0 heterocycles. The molecule has 2 N–H and O–H groups in total. The van der Waals surface area contributed by atoms with Crippen LogP contribution in [0, 0.1) is 5.92 Å². The molecule has 0 aromatic rings. The van der Waals surface area contributed by atoms with Crippen molar-refractivity contribution in [3.05, 3.63) is 12.2 Å². The third kappa shape index (κ3) is 7.57. The molecule has 15 heavy (non-hydrogen) atoms. The molecule has 0 atom stereocenters. The van der Waals surface area contributed by atoms with Crippen LogP contribution in [0.3, 0.4) is 0 Å². The van der Waals surface area contributed by atoms with Gasteiger partial charge in [0.05, 0.1) is 0 Å². The van der Waals surface area contributed by atoms with Crippen LogP contribution in [0.1, 0.15) is 41.5 Å². The van der Waals surface area contributed by atoms with Gasteiger partial charge in [-0.25, -0.2) is 0 Å². The molecule has 0 aromatic carbocycles. The number of rotatable bonds is 7. The second-order valence-corrected chi connectivity index (χ2v) is 5.60. The first-order valence-corrected chi connectivity index (χ1v) is 5.90. The molecule has 0 saturated carbocycles. The van der Waals surface area contributed by atoms with Gasteiger partial charge in [-0.3, -0.25) is 0 Å². The first-order chi connectivity index (χ1) is 6.74. The molecule has 0 aliphatic rings. The van der Waals surface area contributed by atoms with E-state index in [-0.39, 0.29) is 5.54 Å². The van der Waals surface area contributed by atoms with Crippen molar-refractivity contribution in [2.45, 2.75) is 53.1 Å². The SMILES string of the molecule is C=C(CNCC(C)(C)NC(C)C)C(C)C. The molecule has 0 unspecified atom stereocenters. The van der Waals surface area contributed by atoms with Gasteiger partial charge in [0.1, 0.15) is 0 Å². The molecule has 0 radical (unpaired) electrons. The van der Waals surface area contributed by atoms with Crippen LogP contribution in [0.5, 0.6) is 0 Å². The van der Waals surface area contributed by atoms with Crippen LogP contribution in [0.2, 0.25) is 0 Å². The lowest BCUT2D eigenvalue weighted by Gasteiger charge is -2.29. The normalized spacial score (nSPS) is 12.5. The van der Waals surface area contributed by atoms with E-state index in [0.29, 0.717) is 12.0 Å². The average Bonchev–Trinajstić information content (AvgIpc) is 2.00. The lowest BCUT2D eigenvalue weighted by Crippen LogP contribution is -2.50. The van der Waals surface area contributed by atoms with Crippen molar-refractivity contribution in [3.8, 4) is 0 Å². The first-order valence-electron chi connectivity index (χ1n) is 5.90. The Morgan fingerprint density at radius 1 is 1.20 bits per heavy atom. The van der Waals surface area contributed by atoms with E-state index >= 15 is 0 Å². The zero-order valence-corrected chi connectivity index (χ0v) is 11.3. The molecule has 2 heteroatoms. The van der Waals surface area contributed by atoms with E-state index < -0.39 is 0 Å². The summed E-state index contributed by atoms with van der Waals surface area (Å²) in [6.45, 7) is 19.1. The van der Waals surface area contributed by atoms with Gasteiger partial charge in [0.15, 0.2) is 0 Å². The third-order valence-electron chi connectivity index (χ3n) is 2.41. The molecule has 0 aliphatic carbocycles. The number of hydrogen-bond donors (Lipinski definition) is 2. The minimum Gasteiger partial charge on any atom is -0.311 e. The minimum atomic E-state index is 0.144. The summed E-state index contributed by atoms with van der Waals surface area (Å²) < 4.78 is 0. The number of nitrogens with one attached hydrogen (secondary N) is 2. The zero-order chi connectivity index (χ0) is 12.1.